The van der Waals surface area contributed by atoms with Crippen LogP contribution in [0.3, 0.4) is 0 Å². The Labute approximate surface area is 120 Å². The lowest BCUT2D eigenvalue weighted by Gasteiger charge is -2.07. The van der Waals surface area contributed by atoms with Crippen LogP contribution in [0, 0.1) is 0 Å². The van der Waals surface area contributed by atoms with Crippen LogP contribution < -0.4 is 10.3 Å². The Morgan fingerprint density at radius 3 is 2.60 bits per heavy atom. The summed E-state index contributed by atoms with van der Waals surface area (Å²) in [7, 11) is 1.60. The Kier molecular flexibility index (Phi) is 3.16. The largest absolute Gasteiger partial charge is 0.497 e. The van der Waals surface area contributed by atoms with Crippen molar-refractivity contribution in [1.29, 1.82) is 0 Å². The van der Waals surface area contributed by atoms with Gasteiger partial charge in [0.2, 0.25) is 0 Å². The SMILES string of the molecule is COc1ccc(-c2nc3ccccn3c(=O)c2Cl)cc1. The molecule has 2 aromatic heterocycles. The van der Waals surface area contributed by atoms with E-state index in [1.54, 1.807) is 37.6 Å². The van der Waals surface area contributed by atoms with Crippen molar-refractivity contribution in [3.05, 3.63) is 64.0 Å². The summed E-state index contributed by atoms with van der Waals surface area (Å²) in [4.78, 5) is 16.7. The molecule has 0 saturated carbocycles. The van der Waals surface area contributed by atoms with E-state index >= 15 is 0 Å². The quantitative estimate of drug-likeness (QED) is 0.727. The second-order valence-corrected chi connectivity index (χ2v) is 4.61. The number of methoxy groups -OCH3 is 1. The average Bonchev–Trinajstić information content (AvgIpc) is 2.51. The van der Waals surface area contributed by atoms with Crippen LogP contribution in [0.2, 0.25) is 5.02 Å². The van der Waals surface area contributed by atoms with E-state index in [1.165, 1.54) is 4.40 Å². The molecule has 0 amide bonds. The van der Waals surface area contributed by atoms with Gasteiger partial charge in [-0.05, 0) is 36.4 Å². The summed E-state index contributed by atoms with van der Waals surface area (Å²) in [6.07, 6.45) is 1.65. The van der Waals surface area contributed by atoms with Gasteiger partial charge < -0.3 is 4.74 Å². The first-order chi connectivity index (χ1) is 9.70. The number of benzene rings is 1. The molecule has 3 rings (SSSR count). The first kappa shape index (κ1) is 12.7. The number of rotatable bonds is 2. The van der Waals surface area contributed by atoms with Gasteiger partial charge in [-0.1, -0.05) is 17.7 Å². The summed E-state index contributed by atoms with van der Waals surface area (Å²) in [6, 6.07) is 12.6. The third kappa shape index (κ3) is 2.04. The van der Waals surface area contributed by atoms with E-state index in [2.05, 4.69) is 4.98 Å². The zero-order chi connectivity index (χ0) is 14.1. The van der Waals surface area contributed by atoms with Crippen molar-refractivity contribution < 1.29 is 4.74 Å². The van der Waals surface area contributed by atoms with E-state index in [-0.39, 0.29) is 10.6 Å². The second-order valence-electron chi connectivity index (χ2n) is 4.24. The van der Waals surface area contributed by atoms with E-state index in [4.69, 9.17) is 16.3 Å². The van der Waals surface area contributed by atoms with Crippen LogP contribution in [0.1, 0.15) is 0 Å². The Hall–Kier alpha value is -2.33. The molecule has 2 heterocycles. The van der Waals surface area contributed by atoms with Gasteiger partial charge in [-0.15, -0.1) is 0 Å². The molecule has 0 atom stereocenters. The predicted octanol–water partition coefficient (Wildman–Crippen LogP) is 3.02. The summed E-state index contributed by atoms with van der Waals surface area (Å²) >= 11 is 6.15. The Balaban J connectivity index is 2.25. The van der Waals surface area contributed by atoms with Gasteiger partial charge in [-0.25, -0.2) is 4.98 Å². The monoisotopic (exact) mass is 286 g/mol. The van der Waals surface area contributed by atoms with Crippen molar-refractivity contribution in [3.8, 4) is 17.0 Å². The van der Waals surface area contributed by atoms with Crippen molar-refractivity contribution in [2.45, 2.75) is 0 Å². The number of nitrogens with zero attached hydrogens (tertiary/aromatic N) is 2. The first-order valence-corrected chi connectivity index (χ1v) is 6.40. The highest BCUT2D eigenvalue weighted by Gasteiger charge is 2.12. The molecule has 0 aliphatic rings. The maximum Gasteiger partial charge on any atom is 0.277 e. The highest BCUT2D eigenvalue weighted by Crippen LogP contribution is 2.25. The van der Waals surface area contributed by atoms with Gasteiger partial charge in [0.25, 0.3) is 5.56 Å². The minimum Gasteiger partial charge on any atom is -0.497 e. The molecule has 3 aromatic rings. The lowest BCUT2D eigenvalue weighted by Crippen LogP contribution is -2.16. The summed E-state index contributed by atoms with van der Waals surface area (Å²) in [5, 5.41) is 0.110. The van der Waals surface area contributed by atoms with Crippen LogP contribution in [-0.2, 0) is 0 Å². The highest BCUT2D eigenvalue weighted by atomic mass is 35.5. The smallest absolute Gasteiger partial charge is 0.277 e. The molecule has 0 spiro atoms. The van der Waals surface area contributed by atoms with E-state index in [9.17, 15) is 4.79 Å². The molecule has 0 fully saturated rings. The molecule has 0 saturated heterocycles. The third-order valence-corrected chi connectivity index (χ3v) is 3.38. The van der Waals surface area contributed by atoms with Gasteiger partial charge in [0, 0.05) is 11.8 Å². The van der Waals surface area contributed by atoms with Crippen LogP contribution in [0.25, 0.3) is 16.9 Å². The van der Waals surface area contributed by atoms with Crippen LogP contribution in [0.5, 0.6) is 5.75 Å². The van der Waals surface area contributed by atoms with E-state index in [0.29, 0.717) is 11.3 Å². The number of hydrogen-bond donors (Lipinski definition) is 0. The van der Waals surface area contributed by atoms with Gasteiger partial charge >= 0.3 is 0 Å². The summed E-state index contributed by atoms with van der Waals surface area (Å²) in [6.45, 7) is 0. The standard InChI is InChI=1S/C15H11ClN2O2/c1-20-11-7-5-10(6-8-11)14-13(16)15(19)18-9-3-2-4-12(18)17-14/h2-9H,1H3. The predicted molar refractivity (Wildman–Crippen MR) is 78.5 cm³/mol. The summed E-state index contributed by atoms with van der Waals surface area (Å²) in [5.74, 6) is 0.738. The van der Waals surface area contributed by atoms with Crippen molar-refractivity contribution in [1.82, 2.24) is 9.38 Å². The fraction of sp³-hybridized carbons (Fsp3) is 0.0667. The summed E-state index contributed by atoms with van der Waals surface area (Å²) < 4.78 is 6.54. The molecule has 0 bridgehead atoms. The topological polar surface area (TPSA) is 43.6 Å². The van der Waals surface area contributed by atoms with Crippen molar-refractivity contribution >= 4 is 17.2 Å². The van der Waals surface area contributed by atoms with E-state index in [1.807, 2.05) is 18.2 Å². The summed E-state index contributed by atoms with van der Waals surface area (Å²) in [5.41, 5.74) is 1.54. The lowest BCUT2D eigenvalue weighted by molar-refractivity contribution is 0.415. The third-order valence-electron chi connectivity index (χ3n) is 3.04. The average molecular weight is 287 g/mol. The maximum atomic E-state index is 12.2. The van der Waals surface area contributed by atoms with Gasteiger partial charge in [0.05, 0.1) is 12.8 Å². The molecule has 0 aliphatic heterocycles. The molecule has 4 nitrogen and oxygen atoms in total. The lowest BCUT2D eigenvalue weighted by atomic mass is 10.1. The van der Waals surface area contributed by atoms with E-state index in [0.717, 1.165) is 11.3 Å². The molecule has 5 heteroatoms. The van der Waals surface area contributed by atoms with Crippen LogP contribution >= 0.6 is 11.6 Å². The molecule has 20 heavy (non-hydrogen) atoms. The zero-order valence-electron chi connectivity index (χ0n) is 10.7. The molecule has 0 N–H and O–H groups in total. The Bertz CT molecular complexity index is 825. The molecule has 0 aliphatic carbocycles. The molecule has 0 unspecified atom stereocenters. The number of halogens is 1. The van der Waals surface area contributed by atoms with Crippen LogP contribution in [-0.4, -0.2) is 16.5 Å². The van der Waals surface area contributed by atoms with Gasteiger partial charge in [0.1, 0.15) is 16.4 Å². The second kappa shape index (κ2) is 4.98. The van der Waals surface area contributed by atoms with Gasteiger partial charge in [-0.3, -0.25) is 9.20 Å². The minimum absolute atomic E-state index is 0.110. The van der Waals surface area contributed by atoms with E-state index < -0.39 is 0 Å². The first-order valence-electron chi connectivity index (χ1n) is 6.02. The Morgan fingerprint density at radius 2 is 1.90 bits per heavy atom. The van der Waals surface area contributed by atoms with Crippen molar-refractivity contribution in [3.63, 3.8) is 0 Å². The van der Waals surface area contributed by atoms with Crippen LogP contribution in [0.4, 0.5) is 0 Å². The molecule has 0 radical (unpaired) electrons. The number of ether oxygens (including phenoxy) is 1. The molecular weight excluding hydrogens is 276 g/mol. The highest BCUT2D eigenvalue weighted by molar-refractivity contribution is 6.32. The van der Waals surface area contributed by atoms with Gasteiger partial charge in [-0.2, -0.15) is 0 Å². The molecule has 100 valence electrons. The number of fused-ring (bicyclic) bond motifs is 1. The fourth-order valence-electron chi connectivity index (χ4n) is 2.01. The molecular formula is C15H11ClN2O2. The number of pyridine rings is 1. The minimum atomic E-state index is -0.275. The molecule has 1 aromatic carbocycles. The number of hydrogen-bond acceptors (Lipinski definition) is 3. The Morgan fingerprint density at radius 1 is 1.15 bits per heavy atom. The maximum absolute atomic E-state index is 12.2. The zero-order valence-corrected chi connectivity index (χ0v) is 11.5. The van der Waals surface area contributed by atoms with Crippen LogP contribution in [0.15, 0.2) is 53.5 Å². The fourth-order valence-corrected chi connectivity index (χ4v) is 2.25. The van der Waals surface area contributed by atoms with Crippen molar-refractivity contribution in [2.75, 3.05) is 7.11 Å². The normalized spacial score (nSPS) is 10.7. The van der Waals surface area contributed by atoms with Crippen molar-refractivity contribution in [2.24, 2.45) is 0 Å². The number of aromatic nitrogens is 2. The van der Waals surface area contributed by atoms with Gasteiger partial charge in [0.15, 0.2) is 0 Å².